The van der Waals surface area contributed by atoms with Crippen LogP contribution >= 0.6 is 0 Å². The maximum absolute atomic E-state index is 13.0. The Kier molecular flexibility index (Phi) is 6.49. The topological polar surface area (TPSA) is 49.4 Å². The van der Waals surface area contributed by atoms with Crippen molar-refractivity contribution in [1.82, 2.24) is 5.32 Å². The average Bonchev–Trinajstić information content (AvgIpc) is 2.66. The third kappa shape index (κ3) is 5.01. The third-order valence-electron chi connectivity index (χ3n) is 4.67. The molecule has 0 fully saturated rings. The Morgan fingerprint density at radius 3 is 2.39 bits per heavy atom. The van der Waals surface area contributed by atoms with Crippen molar-refractivity contribution in [3.63, 3.8) is 0 Å². The summed E-state index contributed by atoms with van der Waals surface area (Å²) in [5.74, 6) is 6.55. The Morgan fingerprint density at radius 1 is 0.964 bits per heavy atom. The minimum atomic E-state index is 0.0447. The van der Waals surface area contributed by atoms with Crippen molar-refractivity contribution in [2.75, 3.05) is 4.90 Å². The first-order valence-corrected chi connectivity index (χ1v) is 9.83. The summed E-state index contributed by atoms with van der Waals surface area (Å²) in [4.78, 5) is 26.6. The lowest BCUT2D eigenvalue weighted by atomic mass is 10.0. The number of amides is 2. The first kappa shape index (κ1) is 19.7. The Morgan fingerprint density at radius 2 is 1.61 bits per heavy atom. The molecule has 2 aromatic rings. The Balaban J connectivity index is 1.71. The van der Waals surface area contributed by atoms with E-state index in [1.54, 1.807) is 0 Å². The van der Waals surface area contributed by atoms with Crippen molar-refractivity contribution < 1.29 is 9.59 Å². The van der Waals surface area contributed by atoms with Gasteiger partial charge in [-0.05, 0) is 50.5 Å². The van der Waals surface area contributed by atoms with Gasteiger partial charge in [0.25, 0.3) is 0 Å². The Hall–Kier alpha value is -3.06. The molecule has 0 aliphatic carbocycles. The number of anilines is 1. The van der Waals surface area contributed by atoms with Crippen LogP contribution in [0.15, 0.2) is 48.5 Å². The Labute approximate surface area is 166 Å². The summed E-state index contributed by atoms with van der Waals surface area (Å²) in [6.07, 6.45) is 2.27. The second-order valence-corrected chi connectivity index (χ2v) is 7.33. The molecule has 3 rings (SSSR count). The van der Waals surface area contributed by atoms with Gasteiger partial charge in [0.2, 0.25) is 11.8 Å². The van der Waals surface area contributed by atoms with Crippen LogP contribution in [0.1, 0.15) is 56.2 Å². The van der Waals surface area contributed by atoms with E-state index < -0.39 is 0 Å². The number of fused-ring (bicyclic) bond motifs is 2. The molecule has 28 heavy (non-hydrogen) atoms. The molecule has 4 nitrogen and oxygen atoms in total. The van der Waals surface area contributed by atoms with Crippen LogP contribution in [-0.4, -0.2) is 17.9 Å². The molecule has 0 saturated heterocycles. The molecule has 144 valence electrons. The van der Waals surface area contributed by atoms with Crippen LogP contribution in [-0.2, 0) is 16.1 Å². The van der Waals surface area contributed by atoms with Gasteiger partial charge in [-0.1, -0.05) is 42.2 Å². The lowest BCUT2D eigenvalue weighted by Gasteiger charge is -2.26. The van der Waals surface area contributed by atoms with E-state index in [0.29, 0.717) is 32.2 Å². The molecule has 2 aromatic carbocycles. The van der Waals surface area contributed by atoms with E-state index in [1.165, 1.54) is 0 Å². The predicted molar refractivity (Wildman–Crippen MR) is 112 cm³/mol. The summed E-state index contributed by atoms with van der Waals surface area (Å²) in [5, 5.41) is 2.88. The molecule has 0 saturated carbocycles. The SMILES string of the molecule is CC(C)NC(=O)CCCCC(=O)N1Cc2ccccc2C#Cc2ccccc21. The molecule has 0 unspecified atom stereocenters. The van der Waals surface area contributed by atoms with Crippen LogP contribution in [0.25, 0.3) is 0 Å². The fourth-order valence-electron chi connectivity index (χ4n) is 3.30. The summed E-state index contributed by atoms with van der Waals surface area (Å²) in [6.45, 7) is 4.40. The number of hydrogen-bond donors (Lipinski definition) is 1. The number of para-hydroxylation sites is 1. The summed E-state index contributed by atoms with van der Waals surface area (Å²) in [7, 11) is 0. The fourth-order valence-corrected chi connectivity index (χ4v) is 3.30. The molecule has 0 bridgehead atoms. The van der Waals surface area contributed by atoms with Crippen molar-refractivity contribution in [3.05, 3.63) is 65.2 Å². The normalized spacial score (nSPS) is 12.2. The molecule has 1 aliphatic rings. The number of rotatable bonds is 6. The van der Waals surface area contributed by atoms with Gasteiger partial charge in [0.15, 0.2) is 0 Å². The average molecular weight is 374 g/mol. The molecular weight excluding hydrogens is 348 g/mol. The largest absolute Gasteiger partial charge is 0.354 e. The van der Waals surface area contributed by atoms with Crippen molar-refractivity contribution in [1.29, 1.82) is 0 Å². The molecule has 1 heterocycles. The van der Waals surface area contributed by atoms with Crippen molar-refractivity contribution >= 4 is 17.5 Å². The van der Waals surface area contributed by atoms with Crippen LogP contribution in [0.5, 0.6) is 0 Å². The van der Waals surface area contributed by atoms with Gasteiger partial charge in [-0.2, -0.15) is 0 Å². The maximum Gasteiger partial charge on any atom is 0.227 e. The zero-order valence-corrected chi connectivity index (χ0v) is 16.5. The minimum absolute atomic E-state index is 0.0447. The molecule has 0 aromatic heterocycles. The van der Waals surface area contributed by atoms with Gasteiger partial charge in [-0.15, -0.1) is 0 Å². The molecule has 1 N–H and O–H groups in total. The van der Waals surface area contributed by atoms with E-state index in [4.69, 9.17) is 0 Å². The number of carbonyl (C=O) groups is 2. The molecule has 0 atom stereocenters. The van der Waals surface area contributed by atoms with Gasteiger partial charge in [-0.3, -0.25) is 9.59 Å². The summed E-state index contributed by atoms with van der Waals surface area (Å²) in [6, 6.07) is 15.9. The van der Waals surface area contributed by atoms with Gasteiger partial charge in [-0.25, -0.2) is 0 Å². The molecule has 0 spiro atoms. The monoisotopic (exact) mass is 374 g/mol. The molecular formula is C24H26N2O2. The zero-order chi connectivity index (χ0) is 19.9. The predicted octanol–water partition coefficient (Wildman–Crippen LogP) is 4.02. The number of unbranched alkanes of at least 4 members (excludes halogenated alkanes) is 1. The number of nitrogens with one attached hydrogen (secondary N) is 1. The molecule has 0 radical (unpaired) electrons. The van der Waals surface area contributed by atoms with Gasteiger partial charge in [0.05, 0.1) is 12.2 Å². The second kappa shape index (κ2) is 9.23. The standard InChI is InChI=1S/C24H26N2O2/c1-18(2)25-23(27)13-7-8-14-24(28)26-17-21-11-4-3-9-19(21)15-16-20-10-5-6-12-22(20)26/h3-6,9-12,18H,7-8,13-14,17H2,1-2H3,(H,25,27). The lowest BCUT2D eigenvalue weighted by molar-refractivity contribution is -0.122. The van der Waals surface area contributed by atoms with Crippen molar-refractivity contribution in [3.8, 4) is 11.8 Å². The quantitative estimate of drug-likeness (QED) is 0.613. The van der Waals surface area contributed by atoms with E-state index in [9.17, 15) is 9.59 Å². The van der Waals surface area contributed by atoms with E-state index in [1.807, 2.05) is 67.3 Å². The van der Waals surface area contributed by atoms with E-state index in [2.05, 4.69) is 17.2 Å². The van der Waals surface area contributed by atoms with Crippen molar-refractivity contribution in [2.24, 2.45) is 0 Å². The van der Waals surface area contributed by atoms with Crippen LogP contribution in [0.3, 0.4) is 0 Å². The van der Waals surface area contributed by atoms with Gasteiger partial charge in [0.1, 0.15) is 0 Å². The third-order valence-corrected chi connectivity index (χ3v) is 4.67. The zero-order valence-electron chi connectivity index (χ0n) is 16.5. The highest BCUT2D eigenvalue weighted by molar-refractivity contribution is 5.95. The van der Waals surface area contributed by atoms with E-state index in [0.717, 1.165) is 22.4 Å². The number of nitrogens with zero attached hydrogens (tertiary/aromatic N) is 1. The number of hydrogen-bond acceptors (Lipinski definition) is 2. The fraction of sp³-hybridized carbons (Fsp3) is 0.333. The summed E-state index contributed by atoms with van der Waals surface area (Å²) in [5.41, 5.74) is 3.73. The Bertz CT molecular complexity index is 921. The van der Waals surface area contributed by atoms with Gasteiger partial charge in [0, 0.05) is 30.0 Å². The van der Waals surface area contributed by atoms with Gasteiger partial charge >= 0.3 is 0 Å². The minimum Gasteiger partial charge on any atom is -0.354 e. The van der Waals surface area contributed by atoms with Crippen LogP contribution in [0.2, 0.25) is 0 Å². The highest BCUT2D eigenvalue weighted by atomic mass is 16.2. The smallest absolute Gasteiger partial charge is 0.227 e. The highest BCUT2D eigenvalue weighted by Gasteiger charge is 2.20. The van der Waals surface area contributed by atoms with Crippen molar-refractivity contribution in [2.45, 2.75) is 52.1 Å². The van der Waals surface area contributed by atoms with Crippen LogP contribution in [0.4, 0.5) is 5.69 Å². The molecule has 4 heteroatoms. The van der Waals surface area contributed by atoms with Gasteiger partial charge < -0.3 is 10.2 Å². The summed E-state index contributed by atoms with van der Waals surface area (Å²) < 4.78 is 0. The maximum atomic E-state index is 13.0. The number of carbonyl (C=O) groups excluding carboxylic acids is 2. The second-order valence-electron chi connectivity index (χ2n) is 7.33. The molecule has 2 amide bonds. The van der Waals surface area contributed by atoms with Crippen LogP contribution in [0, 0.1) is 11.8 Å². The van der Waals surface area contributed by atoms with E-state index >= 15 is 0 Å². The van der Waals surface area contributed by atoms with E-state index in [-0.39, 0.29) is 17.9 Å². The summed E-state index contributed by atoms with van der Waals surface area (Å²) >= 11 is 0. The highest BCUT2D eigenvalue weighted by Crippen LogP contribution is 2.26. The van der Waals surface area contributed by atoms with Crippen LogP contribution < -0.4 is 10.2 Å². The molecule has 1 aliphatic heterocycles. The first-order valence-electron chi connectivity index (χ1n) is 9.83. The number of benzene rings is 2. The lowest BCUT2D eigenvalue weighted by Crippen LogP contribution is -2.32. The first-order chi connectivity index (χ1) is 13.5.